The van der Waals surface area contributed by atoms with E-state index in [1.807, 2.05) is 14.1 Å². The Morgan fingerprint density at radius 2 is 2.00 bits per heavy atom. The van der Waals surface area contributed by atoms with Crippen molar-refractivity contribution < 1.29 is 4.79 Å². The molecule has 0 saturated carbocycles. The van der Waals surface area contributed by atoms with E-state index in [4.69, 9.17) is 4.98 Å². The Morgan fingerprint density at radius 1 is 1.23 bits per heavy atom. The normalized spacial score (nSPS) is 11.5. The lowest BCUT2D eigenvalue weighted by Gasteiger charge is -2.21. The van der Waals surface area contributed by atoms with Crippen molar-refractivity contribution in [2.24, 2.45) is 7.05 Å². The Labute approximate surface area is 158 Å². The second-order valence-corrected chi connectivity index (χ2v) is 7.89. The molecule has 0 atom stereocenters. The molecule has 0 aliphatic heterocycles. The number of fused-ring (bicyclic) bond motifs is 1. The maximum Gasteiger partial charge on any atom is 0.278 e. The first-order valence-corrected chi connectivity index (χ1v) is 9.51. The van der Waals surface area contributed by atoms with E-state index >= 15 is 0 Å². The van der Waals surface area contributed by atoms with Crippen LogP contribution in [0.5, 0.6) is 0 Å². The standard InChI is InChI=1S/C19H25N5OS/c1-13-11-14(2)17-16(12-13)26-19(21-17)24(10-6-9-22(3)4)18(25)15-7-8-20-23(15)5/h7-8,11-12H,6,9-10H2,1-5H3. The number of aryl methyl sites for hydroxylation is 3. The summed E-state index contributed by atoms with van der Waals surface area (Å²) in [5.41, 5.74) is 3.90. The molecule has 3 aromatic rings. The van der Waals surface area contributed by atoms with Crippen LogP contribution in [0.4, 0.5) is 5.13 Å². The van der Waals surface area contributed by atoms with Gasteiger partial charge in [-0.25, -0.2) is 4.98 Å². The predicted molar refractivity (Wildman–Crippen MR) is 107 cm³/mol. The molecular formula is C19H25N5OS. The Kier molecular flexibility index (Phi) is 5.38. The second kappa shape index (κ2) is 7.55. The van der Waals surface area contributed by atoms with E-state index in [2.05, 4.69) is 36.0 Å². The van der Waals surface area contributed by atoms with Crippen LogP contribution < -0.4 is 4.90 Å². The van der Waals surface area contributed by atoms with Crippen molar-refractivity contribution in [3.05, 3.63) is 41.2 Å². The molecule has 0 bridgehead atoms. The molecular weight excluding hydrogens is 346 g/mol. The van der Waals surface area contributed by atoms with E-state index in [9.17, 15) is 4.79 Å². The summed E-state index contributed by atoms with van der Waals surface area (Å²) in [7, 11) is 5.87. The van der Waals surface area contributed by atoms with Crippen LogP contribution in [-0.4, -0.2) is 52.8 Å². The molecule has 1 aromatic carbocycles. The van der Waals surface area contributed by atoms with Gasteiger partial charge in [-0.1, -0.05) is 17.4 Å². The summed E-state index contributed by atoms with van der Waals surface area (Å²) in [4.78, 5) is 21.9. The third kappa shape index (κ3) is 3.78. The number of nitrogens with zero attached hydrogens (tertiary/aromatic N) is 5. The van der Waals surface area contributed by atoms with Gasteiger partial charge < -0.3 is 4.90 Å². The minimum absolute atomic E-state index is 0.0582. The van der Waals surface area contributed by atoms with Gasteiger partial charge in [-0.15, -0.1) is 0 Å². The molecule has 0 saturated heterocycles. The zero-order valence-electron chi connectivity index (χ0n) is 16.0. The summed E-state index contributed by atoms with van der Waals surface area (Å²) in [5.74, 6) is -0.0582. The lowest BCUT2D eigenvalue weighted by molar-refractivity contribution is 0.0977. The average Bonchev–Trinajstić information content (AvgIpc) is 3.17. The van der Waals surface area contributed by atoms with Crippen LogP contribution in [0.15, 0.2) is 24.4 Å². The molecule has 26 heavy (non-hydrogen) atoms. The molecule has 0 fully saturated rings. The summed E-state index contributed by atoms with van der Waals surface area (Å²) in [6.45, 7) is 5.69. The van der Waals surface area contributed by atoms with Gasteiger partial charge >= 0.3 is 0 Å². The van der Waals surface area contributed by atoms with Crippen molar-refractivity contribution in [3.8, 4) is 0 Å². The number of hydrogen-bond donors (Lipinski definition) is 0. The summed E-state index contributed by atoms with van der Waals surface area (Å²) in [5, 5.41) is 4.88. The summed E-state index contributed by atoms with van der Waals surface area (Å²) in [6, 6.07) is 6.02. The molecule has 0 radical (unpaired) electrons. The maximum absolute atomic E-state index is 13.1. The van der Waals surface area contributed by atoms with Gasteiger partial charge in [0, 0.05) is 19.8 Å². The molecule has 0 spiro atoms. The van der Waals surface area contributed by atoms with Crippen molar-refractivity contribution in [1.82, 2.24) is 19.7 Å². The van der Waals surface area contributed by atoms with E-state index in [0.717, 1.165) is 33.9 Å². The number of thiazole rings is 1. The number of benzene rings is 1. The monoisotopic (exact) mass is 371 g/mol. The smallest absolute Gasteiger partial charge is 0.278 e. The van der Waals surface area contributed by atoms with E-state index in [1.165, 1.54) is 5.56 Å². The quantitative estimate of drug-likeness (QED) is 0.667. The van der Waals surface area contributed by atoms with Crippen molar-refractivity contribution in [1.29, 1.82) is 0 Å². The number of carbonyl (C=O) groups excluding carboxylic acids is 1. The maximum atomic E-state index is 13.1. The van der Waals surface area contributed by atoms with Gasteiger partial charge in [-0.2, -0.15) is 5.10 Å². The number of hydrogen-bond acceptors (Lipinski definition) is 5. The van der Waals surface area contributed by atoms with Crippen LogP contribution in [0.3, 0.4) is 0 Å². The average molecular weight is 372 g/mol. The fraction of sp³-hybridized carbons (Fsp3) is 0.421. The number of rotatable bonds is 6. The molecule has 2 heterocycles. The fourth-order valence-electron chi connectivity index (χ4n) is 3.03. The van der Waals surface area contributed by atoms with Gasteiger partial charge in [0.25, 0.3) is 5.91 Å². The highest BCUT2D eigenvalue weighted by Crippen LogP contribution is 2.32. The molecule has 0 aliphatic carbocycles. The van der Waals surface area contributed by atoms with Crippen LogP contribution >= 0.6 is 11.3 Å². The largest absolute Gasteiger partial charge is 0.309 e. The molecule has 2 aromatic heterocycles. The number of carbonyl (C=O) groups is 1. The first-order valence-electron chi connectivity index (χ1n) is 8.69. The molecule has 7 heteroatoms. The van der Waals surface area contributed by atoms with Crippen LogP contribution in [-0.2, 0) is 7.05 Å². The summed E-state index contributed by atoms with van der Waals surface area (Å²) >= 11 is 1.57. The highest BCUT2D eigenvalue weighted by Gasteiger charge is 2.23. The van der Waals surface area contributed by atoms with Crippen LogP contribution in [0.2, 0.25) is 0 Å². The molecule has 0 unspecified atom stereocenters. The van der Waals surface area contributed by atoms with E-state index in [0.29, 0.717) is 12.2 Å². The van der Waals surface area contributed by atoms with Crippen molar-refractivity contribution >= 4 is 32.6 Å². The van der Waals surface area contributed by atoms with Crippen LogP contribution in [0.25, 0.3) is 10.2 Å². The van der Waals surface area contributed by atoms with Gasteiger partial charge in [-0.3, -0.25) is 14.4 Å². The van der Waals surface area contributed by atoms with Gasteiger partial charge in [0.05, 0.1) is 10.2 Å². The topological polar surface area (TPSA) is 54.3 Å². The van der Waals surface area contributed by atoms with Gasteiger partial charge in [0.15, 0.2) is 5.13 Å². The molecule has 0 N–H and O–H groups in total. The van der Waals surface area contributed by atoms with Crippen LogP contribution in [0, 0.1) is 13.8 Å². The molecule has 138 valence electrons. The van der Waals surface area contributed by atoms with Crippen molar-refractivity contribution in [2.45, 2.75) is 20.3 Å². The first kappa shape index (κ1) is 18.5. The third-order valence-electron chi connectivity index (χ3n) is 4.32. The van der Waals surface area contributed by atoms with Crippen molar-refractivity contribution in [3.63, 3.8) is 0 Å². The Bertz CT molecular complexity index is 927. The zero-order chi connectivity index (χ0) is 18.8. The number of aromatic nitrogens is 3. The Balaban J connectivity index is 1.98. The zero-order valence-corrected chi connectivity index (χ0v) is 16.8. The summed E-state index contributed by atoms with van der Waals surface area (Å²) in [6.07, 6.45) is 2.53. The van der Waals surface area contributed by atoms with Gasteiger partial charge in [0.1, 0.15) is 5.69 Å². The Morgan fingerprint density at radius 3 is 2.65 bits per heavy atom. The SMILES string of the molecule is Cc1cc(C)c2nc(N(CCCN(C)C)C(=O)c3ccnn3C)sc2c1. The molecule has 6 nitrogen and oxygen atoms in total. The van der Waals surface area contributed by atoms with Crippen LogP contribution in [0.1, 0.15) is 28.0 Å². The third-order valence-corrected chi connectivity index (χ3v) is 5.35. The van der Waals surface area contributed by atoms with Gasteiger partial charge in [-0.05, 0) is 64.2 Å². The molecule has 0 aliphatic rings. The highest BCUT2D eigenvalue weighted by atomic mass is 32.1. The first-order chi connectivity index (χ1) is 12.4. The second-order valence-electron chi connectivity index (χ2n) is 6.88. The minimum atomic E-state index is -0.0582. The number of amides is 1. The predicted octanol–water partition coefficient (Wildman–Crippen LogP) is 3.25. The Hall–Kier alpha value is -2.25. The molecule has 1 amide bonds. The van der Waals surface area contributed by atoms with E-state index in [1.54, 1.807) is 40.2 Å². The lowest BCUT2D eigenvalue weighted by Crippen LogP contribution is -2.34. The van der Waals surface area contributed by atoms with Gasteiger partial charge in [0.2, 0.25) is 0 Å². The van der Waals surface area contributed by atoms with E-state index < -0.39 is 0 Å². The lowest BCUT2D eigenvalue weighted by atomic mass is 10.1. The number of anilines is 1. The summed E-state index contributed by atoms with van der Waals surface area (Å²) < 4.78 is 2.73. The fourth-order valence-corrected chi connectivity index (χ4v) is 4.19. The molecule has 3 rings (SSSR count). The minimum Gasteiger partial charge on any atom is -0.309 e. The van der Waals surface area contributed by atoms with E-state index in [-0.39, 0.29) is 5.91 Å². The highest BCUT2D eigenvalue weighted by molar-refractivity contribution is 7.22. The van der Waals surface area contributed by atoms with Crippen molar-refractivity contribution in [2.75, 3.05) is 32.1 Å².